The number of rotatable bonds is 7. The molecule has 0 radical (unpaired) electrons. The molecule has 0 aliphatic heterocycles. The Morgan fingerprint density at radius 1 is 1.25 bits per heavy atom. The van der Waals surface area contributed by atoms with E-state index in [1.807, 2.05) is 11.6 Å². The fourth-order valence-electron chi connectivity index (χ4n) is 2.89. The van der Waals surface area contributed by atoms with Gasteiger partial charge in [-0.3, -0.25) is 9.59 Å². The van der Waals surface area contributed by atoms with Crippen molar-refractivity contribution in [1.29, 1.82) is 0 Å². The number of hydrogen-bond acceptors (Lipinski definition) is 7. The highest BCUT2D eigenvalue weighted by Crippen LogP contribution is 2.33. The van der Waals surface area contributed by atoms with E-state index in [2.05, 4.69) is 9.97 Å². The highest BCUT2D eigenvalue weighted by molar-refractivity contribution is 7.89. The summed E-state index contributed by atoms with van der Waals surface area (Å²) < 4.78 is 70.6. The zero-order valence-corrected chi connectivity index (χ0v) is 18.5. The van der Waals surface area contributed by atoms with E-state index in [4.69, 9.17) is 4.74 Å². The van der Waals surface area contributed by atoms with Crippen LogP contribution in [0, 0.1) is 13.8 Å². The third-order valence-corrected chi connectivity index (χ3v) is 7.18. The van der Waals surface area contributed by atoms with Crippen molar-refractivity contribution in [3.05, 3.63) is 56.4 Å². The molecule has 172 valence electrons. The zero-order chi connectivity index (χ0) is 23.7. The number of carbonyl (C=O) groups excluding carboxylic acids is 1. The lowest BCUT2D eigenvalue weighted by Crippen LogP contribution is -2.28. The number of nitrogens with zero attached hydrogens (tertiary/aromatic N) is 1. The molecule has 0 saturated carbocycles. The molecule has 8 nitrogen and oxygen atoms in total. The number of thiophene rings is 1. The lowest BCUT2D eigenvalue weighted by atomic mass is 10.2. The number of hydrogen-bond donors (Lipinski definition) is 2. The number of sulfonamides is 1. The van der Waals surface area contributed by atoms with Gasteiger partial charge >= 0.3 is 12.1 Å². The summed E-state index contributed by atoms with van der Waals surface area (Å²) in [6.07, 6.45) is -5.29. The lowest BCUT2D eigenvalue weighted by molar-refractivity contribution is -0.145. The molecule has 0 unspecified atom stereocenters. The summed E-state index contributed by atoms with van der Waals surface area (Å²) in [6.45, 7) is 2.84. The van der Waals surface area contributed by atoms with E-state index in [9.17, 15) is 31.2 Å². The van der Waals surface area contributed by atoms with Crippen molar-refractivity contribution >= 4 is 37.5 Å². The van der Waals surface area contributed by atoms with Crippen LogP contribution in [-0.4, -0.2) is 30.9 Å². The number of H-pyrrole nitrogens is 1. The molecule has 0 saturated heterocycles. The van der Waals surface area contributed by atoms with Crippen LogP contribution in [0.4, 0.5) is 13.2 Å². The van der Waals surface area contributed by atoms with Gasteiger partial charge in [-0.25, -0.2) is 18.1 Å². The topological polar surface area (TPSA) is 118 Å². The number of esters is 1. The molecule has 0 fully saturated rings. The first-order valence-corrected chi connectivity index (χ1v) is 11.5. The molecule has 0 spiro atoms. The molecule has 32 heavy (non-hydrogen) atoms. The van der Waals surface area contributed by atoms with Crippen LogP contribution in [-0.2, 0) is 32.3 Å². The number of ether oxygens (including phenoxy) is 1. The van der Waals surface area contributed by atoms with Crippen molar-refractivity contribution < 1.29 is 31.1 Å². The average molecular weight is 489 g/mol. The summed E-state index contributed by atoms with van der Waals surface area (Å²) in [7, 11) is -4.50. The van der Waals surface area contributed by atoms with Crippen LogP contribution in [0.15, 0.2) is 34.0 Å². The van der Waals surface area contributed by atoms with Crippen molar-refractivity contribution in [2.45, 2.75) is 37.9 Å². The van der Waals surface area contributed by atoms with Crippen molar-refractivity contribution in [2.75, 3.05) is 6.54 Å². The highest BCUT2D eigenvalue weighted by Gasteiger charge is 2.36. The van der Waals surface area contributed by atoms with Gasteiger partial charge in [0.25, 0.3) is 5.56 Å². The number of halogens is 3. The predicted octanol–water partition coefficient (Wildman–Crippen LogP) is 3.03. The van der Waals surface area contributed by atoms with E-state index >= 15 is 0 Å². The number of alkyl halides is 3. The Labute approximate surface area is 184 Å². The molecular formula is C19H18F3N3O5S2. The van der Waals surface area contributed by atoms with Gasteiger partial charge in [-0.2, -0.15) is 13.2 Å². The van der Waals surface area contributed by atoms with Gasteiger partial charge in [0.2, 0.25) is 10.0 Å². The minimum atomic E-state index is -4.85. The second kappa shape index (κ2) is 9.00. The third kappa shape index (κ3) is 5.16. The Kier molecular flexibility index (Phi) is 6.72. The first-order chi connectivity index (χ1) is 14.9. The summed E-state index contributed by atoms with van der Waals surface area (Å²) in [5.74, 6) is -0.699. The first-order valence-electron chi connectivity index (χ1n) is 9.20. The number of aromatic amines is 1. The van der Waals surface area contributed by atoms with Gasteiger partial charge in [-0.1, -0.05) is 12.1 Å². The van der Waals surface area contributed by atoms with Crippen LogP contribution >= 0.6 is 11.3 Å². The maximum absolute atomic E-state index is 13.0. The molecule has 2 aromatic heterocycles. The van der Waals surface area contributed by atoms with Crippen LogP contribution in [0.5, 0.6) is 0 Å². The second-order valence-electron chi connectivity index (χ2n) is 6.78. The summed E-state index contributed by atoms with van der Waals surface area (Å²) in [5.41, 5.74) is -0.847. The average Bonchev–Trinajstić information content (AvgIpc) is 2.99. The smallest absolute Gasteiger partial charge is 0.417 e. The molecule has 0 bridgehead atoms. The van der Waals surface area contributed by atoms with Gasteiger partial charge in [0.1, 0.15) is 17.3 Å². The molecule has 2 heterocycles. The van der Waals surface area contributed by atoms with Gasteiger partial charge in [0.15, 0.2) is 0 Å². The standard InChI is InChI=1S/C19H18F3N3O5S2/c1-10-11(2)31-18-16(10)17(27)24-14(25-18)9-30-15(26)7-8-23-32(28,29)13-6-4-3-5-12(13)19(20,21)22/h3-6,23H,7-9H2,1-2H3,(H,24,25,27). The molecule has 3 aromatic rings. The maximum Gasteiger partial charge on any atom is 0.417 e. The molecule has 0 atom stereocenters. The molecular weight excluding hydrogens is 471 g/mol. The summed E-state index contributed by atoms with van der Waals surface area (Å²) >= 11 is 1.33. The normalized spacial score (nSPS) is 12.3. The maximum atomic E-state index is 13.0. The molecule has 0 aliphatic rings. The summed E-state index contributed by atoms with van der Waals surface area (Å²) in [5, 5.41) is 0.469. The van der Waals surface area contributed by atoms with E-state index in [0.29, 0.717) is 16.3 Å². The van der Waals surface area contributed by atoms with E-state index in [-0.39, 0.29) is 18.0 Å². The number of benzene rings is 1. The van der Waals surface area contributed by atoms with E-state index in [1.165, 1.54) is 17.4 Å². The fourth-order valence-corrected chi connectivity index (χ4v) is 5.20. The first kappa shape index (κ1) is 23.9. The van der Waals surface area contributed by atoms with Crippen LogP contribution in [0.3, 0.4) is 0 Å². The Bertz CT molecular complexity index is 1330. The molecule has 0 amide bonds. The van der Waals surface area contributed by atoms with Crippen molar-refractivity contribution in [2.24, 2.45) is 0 Å². The minimum absolute atomic E-state index is 0.122. The van der Waals surface area contributed by atoms with Crippen molar-refractivity contribution in [1.82, 2.24) is 14.7 Å². The van der Waals surface area contributed by atoms with E-state index in [0.717, 1.165) is 22.6 Å². The van der Waals surface area contributed by atoms with E-state index in [1.54, 1.807) is 6.92 Å². The van der Waals surface area contributed by atoms with Gasteiger partial charge in [-0.15, -0.1) is 11.3 Å². The minimum Gasteiger partial charge on any atom is -0.457 e. The SMILES string of the molecule is Cc1sc2nc(COC(=O)CCNS(=O)(=O)c3ccccc3C(F)(F)F)[nH]c(=O)c2c1C. The van der Waals surface area contributed by atoms with Crippen molar-refractivity contribution in [3.8, 4) is 0 Å². The van der Waals surface area contributed by atoms with Gasteiger partial charge in [0, 0.05) is 11.4 Å². The second-order valence-corrected chi connectivity index (χ2v) is 9.72. The quantitative estimate of drug-likeness (QED) is 0.493. The zero-order valence-electron chi connectivity index (χ0n) is 16.9. The van der Waals surface area contributed by atoms with Crippen LogP contribution in [0.2, 0.25) is 0 Å². The molecule has 1 aromatic carbocycles. The predicted molar refractivity (Wildman–Crippen MR) is 111 cm³/mol. The lowest BCUT2D eigenvalue weighted by Gasteiger charge is -2.13. The van der Waals surface area contributed by atoms with Crippen LogP contribution in [0.25, 0.3) is 10.2 Å². The number of carbonyl (C=O) groups is 1. The third-order valence-electron chi connectivity index (χ3n) is 4.56. The highest BCUT2D eigenvalue weighted by atomic mass is 32.2. The number of aromatic nitrogens is 2. The summed E-state index contributed by atoms with van der Waals surface area (Å²) in [4.78, 5) is 31.4. The number of aryl methyl sites for hydroxylation is 2. The number of fused-ring (bicyclic) bond motifs is 1. The Morgan fingerprint density at radius 3 is 2.62 bits per heavy atom. The number of nitrogens with one attached hydrogen (secondary N) is 2. The largest absolute Gasteiger partial charge is 0.457 e. The van der Waals surface area contributed by atoms with Crippen molar-refractivity contribution in [3.63, 3.8) is 0 Å². The molecule has 13 heteroatoms. The Balaban J connectivity index is 1.59. The summed E-state index contributed by atoms with van der Waals surface area (Å²) in [6, 6.07) is 3.73. The van der Waals surface area contributed by atoms with Crippen LogP contribution < -0.4 is 10.3 Å². The van der Waals surface area contributed by atoms with Gasteiger partial charge in [-0.05, 0) is 31.5 Å². The van der Waals surface area contributed by atoms with Gasteiger partial charge in [0.05, 0.1) is 22.3 Å². The van der Waals surface area contributed by atoms with Gasteiger partial charge < -0.3 is 9.72 Å². The molecule has 0 aliphatic carbocycles. The Morgan fingerprint density at radius 2 is 1.94 bits per heavy atom. The molecule has 2 N–H and O–H groups in total. The Hall–Kier alpha value is -2.77. The van der Waals surface area contributed by atoms with Crippen LogP contribution in [0.1, 0.15) is 28.2 Å². The fraction of sp³-hybridized carbons (Fsp3) is 0.316. The molecule has 3 rings (SSSR count). The van der Waals surface area contributed by atoms with E-state index < -0.39 is 45.6 Å². The monoisotopic (exact) mass is 489 g/mol.